The Hall–Kier alpha value is -1.38. The fourth-order valence-corrected chi connectivity index (χ4v) is 0.953. The molecule has 0 saturated heterocycles. The zero-order chi connectivity index (χ0) is 8.81. The number of pyridine rings is 1. The third kappa shape index (κ3) is 1.81. The zero-order valence-corrected chi connectivity index (χ0v) is 7.41. The van der Waals surface area contributed by atoms with E-state index in [1.165, 1.54) is 0 Å². The van der Waals surface area contributed by atoms with Crippen LogP contribution in [0.5, 0.6) is 0 Å². The van der Waals surface area contributed by atoms with Gasteiger partial charge < -0.3 is 5.32 Å². The maximum atomic E-state index is 4.04. The van der Waals surface area contributed by atoms with Crippen molar-refractivity contribution < 1.29 is 0 Å². The minimum atomic E-state index is 0.746. The minimum Gasteiger partial charge on any atom is -0.346 e. The zero-order valence-electron chi connectivity index (χ0n) is 7.41. The highest BCUT2D eigenvalue weighted by molar-refractivity contribution is 5.79. The predicted octanol–water partition coefficient (Wildman–Crippen LogP) is 2.06. The molecule has 1 aromatic rings. The highest BCUT2D eigenvalue weighted by Crippen LogP contribution is 2.15. The van der Waals surface area contributed by atoms with Crippen LogP contribution in [-0.4, -0.2) is 11.3 Å². The van der Waals surface area contributed by atoms with E-state index in [1.54, 1.807) is 12.5 Å². The van der Waals surface area contributed by atoms with Gasteiger partial charge in [0.15, 0.2) is 0 Å². The first-order chi connectivity index (χ1) is 5.97. The fourth-order valence-electron chi connectivity index (χ4n) is 0.953. The molecule has 12 heavy (non-hydrogen) atoms. The normalized spacial score (nSPS) is 12.2. The van der Waals surface area contributed by atoms with Gasteiger partial charge >= 0.3 is 0 Å². The summed E-state index contributed by atoms with van der Waals surface area (Å²) in [4.78, 5) is 8.03. The molecule has 1 N–H and O–H groups in total. The molecule has 0 unspecified atom stereocenters. The van der Waals surface area contributed by atoms with Crippen LogP contribution < -0.4 is 5.32 Å². The van der Waals surface area contributed by atoms with E-state index in [0.717, 1.165) is 17.8 Å². The number of aliphatic imine (C=N–C) groups is 1. The number of nitrogens with zero attached hydrogens (tertiary/aromatic N) is 2. The summed E-state index contributed by atoms with van der Waals surface area (Å²) in [7, 11) is 0. The van der Waals surface area contributed by atoms with Crippen molar-refractivity contribution in [3.63, 3.8) is 0 Å². The fraction of sp³-hybridized carbons (Fsp3) is 0.333. The van der Waals surface area contributed by atoms with Gasteiger partial charge in [-0.15, -0.1) is 0 Å². The Bertz CT molecular complexity index is 241. The van der Waals surface area contributed by atoms with E-state index in [9.17, 15) is 0 Å². The Morgan fingerprint density at radius 1 is 1.42 bits per heavy atom. The minimum absolute atomic E-state index is 0.746. The van der Waals surface area contributed by atoms with Gasteiger partial charge in [-0.2, -0.15) is 0 Å². The Kier molecular flexibility index (Phi) is 3.26. The summed E-state index contributed by atoms with van der Waals surface area (Å²) < 4.78 is 0. The molecule has 1 aromatic heterocycles. The van der Waals surface area contributed by atoms with Crippen LogP contribution in [0.15, 0.2) is 23.5 Å². The molecule has 64 valence electrons. The molecule has 1 aliphatic rings. The first kappa shape index (κ1) is 8.71. The van der Waals surface area contributed by atoms with Crippen molar-refractivity contribution >= 4 is 12.0 Å². The second-order valence-electron chi connectivity index (χ2n) is 2.15. The quantitative estimate of drug-likeness (QED) is 0.635. The second kappa shape index (κ2) is 4.49. The molecular weight excluding hydrogens is 150 g/mol. The summed E-state index contributed by atoms with van der Waals surface area (Å²) in [6, 6.07) is 1.94. The van der Waals surface area contributed by atoms with E-state index in [4.69, 9.17) is 0 Å². The van der Waals surface area contributed by atoms with E-state index in [1.807, 2.05) is 26.1 Å². The van der Waals surface area contributed by atoms with Gasteiger partial charge in [0.2, 0.25) is 0 Å². The summed E-state index contributed by atoms with van der Waals surface area (Å²) in [6.07, 6.45) is 5.31. The van der Waals surface area contributed by atoms with E-state index < -0.39 is 0 Å². The number of anilines is 1. The lowest BCUT2D eigenvalue weighted by Crippen LogP contribution is -2.04. The van der Waals surface area contributed by atoms with Crippen molar-refractivity contribution in [1.82, 2.24) is 4.98 Å². The molecular formula is C9H13N3. The summed E-state index contributed by atoms with van der Waals surface area (Å²) >= 11 is 0. The lowest BCUT2D eigenvalue weighted by molar-refractivity contribution is 1.04. The van der Waals surface area contributed by atoms with Crippen molar-refractivity contribution in [2.75, 3.05) is 5.32 Å². The number of aromatic nitrogens is 1. The van der Waals surface area contributed by atoms with Gasteiger partial charge in [-0.3, -0.25) is 9.98 Å². The van der Waals surface area contributed by atoms with Crippen LogP contribution in [-0.2, 0) is 6.54 Å². The lowest BCUT2D eigenvalue weighted by Gasteiger charge is -2.09. The van der Waals surface area contributed by atoms with E-state index >= 15 is 0 Å². The van der Waals surface area contributed by atoms with E-state index in [2.05, 4.69) is 15.3 Å². The Morgan fingerprint density at radius 3 is 3.00 bits per heavy atom. The van der Waals surface area contributed by atoms with Crippen LogP contribution >= 0.6 is 0 Å². The summed E-state index contributed by atoms with van der Waals surface area (Å²) in [5.41, 5.74) is 2.27. The van der Waals surface area contributed by atoms with E-state index in [-0.39, 0.29) is 0 Å². The van der Waals surface area contributed by atoms with Crippen molar-refractivity contribution in [2.24, 2.45) is 4.99 Å². The number of hydrogen-bond acceptors (Lipinski definition) is 3. The third-order valence-corrected chi connectivity index (χ3v) is 1.48. The molecule has 2 rings (SSSR count). The molecule has 1 aliphatic heterocycles. The molecule has 0 radical (unpaired) electrons. The Labute approximate surface area is 72.6 Å². The van der Waals surface area contributed by atoms with Crippen molar-refractivity contribution in [3.8, 4) is 0 Å². The van der Waals surface area contributed by atoms with Crippen molar-refractivity contribution in [3.05, 3.63) is 24.0 Å². The molecule has 0 fully saturated rings. The van der Waals surface area contributed by atoms with Gasteiger partial charge in [0, 0.05) is 23.6 Å². The van der Waals surface area contributed by atoms with Gasteiger partial charge in [-0.05, 0) is 6.07 Å². The van der Waals surface area contributed by atoms with Crippen molar-refractivity contribution in [2.45, 2.75) is 20.4 Å². The second-order valence-corrected chi connectivity index (χ2v) is 2.15. The van der Waals surface area contributed by atoms with Gasteiger partial charge in [0.25, 0.3) is 0 Å². The van der Waals surface area contributed by atoms with Crippen LogP contribution in [0.1, 0.15) is 19.4 Å². The molecule has 0 aromatic carbocycles. The van der Waals surface area contributed by atoms with Gasteiger partial charge in [0.1, 0.15) is 0 Å². The summed E-state index contributed by atoms with van der Waals surface area (Å²) in [6.45, 7) is 4.75. The average Bonchev–Trinajstić information content (AvgIpc) is 2.21. The average molecular weight is 163 g/mol. The predicted molar refractivity (Wildman–Crippen MR) is 51.4 cm³/mol. The van der Waals surface area contributed by atoms with Crippen LogP contribution in [0.2, 0.25) is 0 Å². The van der Waals surface area contributed by atoms with Crippen LogP contribution in [0.3, 0.4) is 0 Å². The molecule has 2 heterocycles. The number of nitrogens with one attached hydrogen (secondary N) is 1. The first-order valence-electron chi connectivity index (χ1n) is 4.14. The monoisotopic (exact) mass is 163 g/mol. The third-order valence-electron chi connectivity index (χ3n) is 1.48. The molecule has 0 amide bonds. The van der Waals surface area contributed by atoms with Gasteiger partial charge in [-0.1, -0.05) is 13.8 Å². The van der Waals surface area contributed by atoms with Gasteiger partial charge in [-0.25, -0.2) is 0 Å². The van der Waals surface area contributed by atoms with Crippen LogP contribution in [0.25, 0.3) is 0 Å². The Morgan fingerprint density at radius 2 is 2.25 bits per heavy atom. The maximum absolute atomic E-state index is 4.04. The number of fused-ring (bicyclic) bond motifs is 1. The highest BCUT2D eigenvalue weighted by atomic mass is 15.0. The summed E-state index contributed by atoms with van der Waals surface area (Å²) in [5, 5.41) is 3.03. The first-order valence-corrected chi connectivity index (χ1v) is 4.14. The molecule has 0 atom stereocenters. The van der Waals surface area contributed by atoms with Crippen LogP contribution in [0, 0.1) is 0 Å². The standard InChI is InChI=1S/C7H7N3.C2H6/c1-2-8-3-6-4-9-5-10-7(1)6;1-2/h1-3,5H,4H2,(H,9,10);1-2H3. The maximum Gasteiger partial charge on any atom is 0.0872 e. The number of hydrogen-bond donors (Lipinski definition) is 1. The molecule has 0 spiro atoms. The topological polar surface area (TPSA) is 37.3 Å². The highest BCUT2D eigenvalue weighted by Gasteiger charge is 2.01. The SMILES string of the molecule is C1=NCc2cnccc2N1.CC. The Balaban J connectivity index is 0.000000336. The molecule has 3 nitrogen and oxygen atoms in total. The molecule has 3 heteroatoms. The molecule has 0 bridgehead atoms. The van der Waals surface area contributed by atoms with E-state index in [0.29, 0.717) is 0 Å². The molecule has 0 aliphatic carbocycles. The largest absolute Gasteiger partial charge is 0.346 e. The number of rotatable bonds is 0. The summed E-state index contributed by atoms with van der Waals surface area (Å²) in [5.74, 6) is 0. The smallest absolute Gasteiger partial charge is 0.0872 e. The van der Waals surface area contributed by atoms with Gasteiger partial charge in [0.05, 0.1) is 12.9 Å². The van der Waals surface area contributed by atoms with Crippen LogP contribution in [0.4, 0.5) is 5.69 Å². The molecule has 0 saturated carbocycles. The lowest BCUT2D eigenvalue weighted by atomic mass is 10.2. The van der Waals surface area contributed by atoms with Crippen molar-refractivity contribution in [1.29, 1.82) is 0 Å².